The largest absolute Gasteiger partial charge is 0.508 e. The fourth-order valence-electron chi connectivity index (χ4n) is 7.03. The van der Waals surface area contributed by atoms with Gasteiger partial charge in [0, 0.05) is 69.9 Å². The molecule has 4 rings (SSSR count). The van der Waals surface area contributed by atoms with Gasteiger partial charge in [0.25, 0.3) is 5.91 Å². The van der Waals surface area contributed by atoms with E-state index in [2.05, 4.69) is 60.6 Å². The first kappa shape index (κ1) is 35.9. The molecular weight excluding hydrogens is 576 g/mol. The Kier molecular flexibility index (Phi) is 13.9. The monoisotopic (exact) mass is 634 g/mol. The first-order valence-electron chi connectivity index (χ1n) is 17.8. The molecule has 0 saturated carbocycles. The molecule has 1 N–H and O–H groups in total. The Labute approximate surface area is 277 Å². The van der Waals surface area contributed by atoms with Gasteiger partial charge in [-0.3, -0.25) is 24.3 Å². The van der Waals surface area contributed by atoms with Crippen molar-refractivity contribution in [2.45, 2.75) is 91.3 Å². The van der Waals surface area contributed by atoms with Gasteiger partial charge in [-0.15, -0.1) is 0 Å². The highest BCUT2D eigenvalue weighted by molar-refractivity contribution is 5.94. The third-order valence-electron chi connectivity index (χ3n) is 9.94. The molecule has 46 heavy (non-hydrogen) atoms. The van der Waals surface area contributed by atoms with Crippen molar-refractivity contribution in [1.29, 1.82) is 0 Å². The van der Waals surface area contributed by atoms with E-state index >= 15 is 0 Å². The summed E-state index contributed by atoms with van der Waals surface area (Å²) in [6, 6.07) is 16.5. The molecule has 2 saturated heterocycles. The van der Waals surface area contributed by atoms with Gasteiger partial charge in [-0.05, 0) is 81.5 Å². The van der Waals surface area contributed by atoms with Gasteiger partial charge in [-0.1, -0.05) is 57.4 Å². The molecular formula is C38H58N4O4. The van der Waals surface area contributed by atoms with Crippen molar-refractivity contribution in [3.63, 3.8) is 0 Å². The number of phenols is 1. The number of hydrogen-bond donors (Lipinski definition) is 1. The number of carbonyl (C=O) groups is 2. The molecule has 2 aromatic rings. The van der Waals surface area contributed by atoms with Crippen LogP contribution >= 0.6 is 0 Å². The number of rotatable bonds is 15. The minimum absolute atomic E-state index is 0.0582. The molecule has 0 radical (unpaired) electrons. The zero-order valence-corrected chi connectivity index (χ0v) is 29.0. The van der Waals surface area contributed by atoms with E-state index in [0.717, 1.165) is 94.7 Å². The van der Waals surface area contributed by atoms with Crippen molar-refractivity contribution in [3.05, 3.63) is 65.2 Å². The fraction of sp³-hybridized carbons (Fsp3) is 0.632. The summed E-state index contributed by atoms with van der Waals surface area (Å²) in [4.78, 5) is 34.9. The normalized spacial score (nSPS) is 21.2. The van der Waals surface area contributed by atoms with E-state index in [0.29, 0.717) is 31.0 Å². The molecule has 8 heteroatoms. The second-order valence-electron chi connectivity index (χ2n) is 13.6. The minimum Gasteiger partial charge on any atom is -0.508 e. The van der Waals surface area contributed by atoms with Crippen LogP contribution in [0, 0.1) is 5.92 Å². The predicted octanol–water partition coefficient (Wildman–Crippen LogP) is 6.19. The topological polar surface area (TPSA) is 76.6 Å². The van der Waals surface area contributed by atoms with Gasteiger partial charge in [0.05, 0.1) is 12.6 Å². The van der Waals surface area contributed by atoms with E-state index in [-0.39, 0.29) is 23.7 Å². The summed E-state index contributed by atoms with van der Waals surface area (Å²) in [5.74, 6) is 0.931. The van der Waals surface area contributed by atoms with E-state index < -0.39 is 0 Å². The van der Waals surface area contributed by atoms with Crippen LogP contribution in [0.3, 0.4) is 0 Å². The number of carbonyl (C=O) groups excluding carboxylic acids is 2. The summed E-state index contributed by atoms with van der Waals surface area (Å²) in [5.41, 5.74) is 2.87. The Bertz CT molecular complexity index is 1250. The summed E-state index contributed by atoms with van der Waals surface area (Å²) in [6.07, 6.45) is 5.84. The molecule has 0 aliphatic carbocycles. The molecule has 2 unspecified atom stereocenters. The van der Waals surface area contributed by atoms with Gasteiger partial charge in [0.1, 0.15) is 5.75 Å². The number of amides is 1. The summed E-state index contributed by atoms with van der Waals surface area (Å²) in [7, 11) is 0. The molecule has 0 spiro atoms. The van der Waals surface area contributed by atoms with Crippen LogP contribution in [0.2, 0.25) is 0 Å². The van der Waals surface area contributed by atoms with Gasteiger partial charge >= 0.3 is 5.97 Å². The highest BCUT2D eigenvalue weighted by Gasteiger charge is 2.35. The molecule has 2 heterocycles. The van der Waals surface area contributed by atoms with E-state index in [1.807, 2.05) is 36.1 Å². The number of ether oxygens (including phenoxy) is 1. The number of hydrogen-bond acceptors (Lipinski definition) is 7. The van der Waals surface area contributed by atoms with Gasteiger partial charge in [-0.25, -0.2) is 0 Å². The van der Waals surface area contributed by atoms with E-state index in [1.165, 1.54) is 6.42 Å². The SMILES string of the molecule is CCOC(=O)CCCCCCN1CCN(C(=O)c2cccc(C(c3cccc(O)c3)N3C[C@@H](C)N(CC(C)CC)C[C@@H]3C)c2)CC1. The molecule has 2 aliphatic heterocycles. The maximum Gasteiger partial charge on any atom is 0.305 e. The Morgan fingerprint density at radius 1 is 0.891 bits per heavy atom. The van der Waals surface area contributed by atoms with Crippen LogP contribution in [0.25, 0.3) is 0 Å². The Balaban J connectivity index is 1.38. The summed E-state index contributed by atoms with van der Waals surface area (Å²) in [5, 5.41) is 10.4. The van der Waals surface area contributed by atoms with E-state index in [4.69, 9.17) is 4.74 Å². The summed E-state index contributed by atoms with van der Waals surface area (Å²) >= 11 is 0. The van der Waals surface area contributed by atoms with E-state index in [9.17, 15) is 14.7 Å². The van der Waals surface area contributed by atoms with Gasteiger partial charge in [0.2, 0.25) is 0 Å². The first-order valence-corrected chi connectivity index (χ1v) is 17.8. The maximum atomic E-state index is 13.8. The third-order valence-corrected chi connectivity index (χ3v) is 9.94. The van der Waals surface area contributed by atoms with Crippen LogP contribution in [0.5, 0.6) is 5.75 Å². The van der Waals surface area contributed by atoms with E-state index in [1.54, 1.807) is 6.07 Å². The lowest BCUT2D eigenvalue weighted by molar-refractivity contribution is -0.143. The molecule has 2 aliphatic rings. The molecule has 1 amide bonds. The molecule has 2 aromatic carbocycles. The van der Waals surface area contributed by atoms with Crippen LogP contribution in [-0.2, 0) is 9.53 Å². The van der Waals surface area contributed by atoms with Gasteiger partial charge in [0.15, 0.2) is 0 Å². The van der Waals surface area contributed by atoms with Crippen molar-refractivity contribution in [3.8, 4) is 5.75 Å². The third kappa shape index (κ3) is 10.0. The smallest absolute Gasteiger partial charge is 0.305 e. The number of benzene rings is 2. The number of esters is 1. The Hall–Kier alpha value is -2.94. The second-order valence-corrected chi connectivity index (χ2v) is 13.6. The second kappa shape index (κ2) is 17.8. The molecule has 2 fully saturated rings. The van der Waals surface area contributed by atoms with Crippen molar-refractivity contribution in [2.75, 3.05) is 59.0 Å². The minimum atomic E-state index is -0.0943. The maximum absolute atomic E-state index is 13.8. The number of unbranched alkanes of at least 4 members (excludes halogenated alkanes) is 3. The lowest BCUT2D eigenvalue weighted by Gasteiger charge is -2.48. The van der Waals surface area contributed by atoms with Crippen LogP contribution in [0.1, 0.15) is 101 Å². The lowest BCUT2D eigenvalue weighted by Crippen LogP contribution is -2.57. The molecule has 0 bridgehead atoms. The van der Waals surface area contributed by atoms with Crippen LogP contribution in [-0.4, -0.2) is 108 Å². The highest BCUT2D eigenvalue weighted by Crippen LogP contribution is 2.35. The quantitative estimate of drug-likeness (QED) is 0.185. The summed E-state index contributed by atoms with van der Waals surface area (Å²) < 4.78 is 5.01. The van der Waals surface area contributed by atoms with Crippen molar-refractivity contribution in [1.82, 2.24) is 19.6 Å². The van der Waals surface area contributed by atoms with Crippen LogP contribution < -0.4 is 0 Å². The highest BCUT2D eigenvalue weighted by atomic mass is 16.5. The molecule has 8 nitrogen and oxygen atoms in total. The number of phenolic OH excluding ortho intramolecular Hbond substituents is 1. The fourth-order valence-corrected chi connectivity index (χ4v) is 7.03. The van der Waals surface area contributed by atoms with Crippen molar-refractivity contribution in [2.24, 2.45) is 5.92 Å². The van der Waals surface area contributed by atoms with Crippen molar-refractivity contribution < 1.29 is 19.4 Å². The number of nitrogens with zero attached hydrogens (tertiary/aromatic N) is 4. The first-order chi connectivity index (χ1) is 22.2. The average Bonchev–Trinajstić information content (AvgIpc) is 3.05. The summed E-state index contributed by atoms with van der Waals surface area (Å²) in [6.45, 7) is 18.8. The van der Waals surface area contributed by atoms with Gasteiger partial charge in [-0.2, -0.15) is 0 Å². The number of piperazine rings is 2. The van der Waals surface area contributed by atoms with Crippen LogP contribution in [0.15, 0.2) is 48.5 Å². The zero-order valence-electron chi connectivity index (χ0n) is 29.0. The molecule has 254 valence electrons. The van der Waals surface area contributed by atoms with Crippen molar-refractivity contribution >= 4 is 11.9 Å². The Morgan fingerprint density at radius 2 is 1.59 bits per heavy atom. The average molecular weight is 635 g/mol. The molecule has 4 atom stereocenters. The molecule has 0 aromatic heterocycles. The van der Waals surface area contributed by atoms with Gasteiger partial charge < -0.3 is 14.7 Å². The Morgan fingerprint density at radius 3 is 2.28 bits per heavy atom. The standard InChI is InChI=1S/C38H58N4O4/c1-6-29(3)26-41-27-31(5)42(28-30(41)4)37(33-15-13-17-35(43)25-33)32-14-12-16-34(24-32)38(45)40-22-20-39(21-23-40)19-11-9-8-10-18-36(44)46-7-2/h12-17,24-25,29-31,37,43H,6-11,18-23,26-28H2,1-5H3/t29?,30-,31+,37?/m1/s1. The predicted molar refractivity (Wildman–Crippen MR) is 185 cm³/mol. The lowest BCUT2D eigenvalue weighted by atomic mass is 9.92. The van der Waals surface area contributed by atoms with Crippen LogP contribution in [0.4, 0.5) is 0 Å². The zero-order chi connectivity index (χ0) is 33.1. The number of aromatic hydroxyl groups is 1.